The summed E-state index contributed by atoms with van der Waals surface area (Å²) in [5.74, 6) is 0.868. The summed E-state index contributed by atoms with van der Waals surface area (Å²) in [7, 11) is 0. The molecule has 0 saturated carbocycles. The van der Waals surface area contributed by atoms with E-state index in [9.17, 15) is 5.11 Å². The first-order valence-electron chi connectivity index (χ1n) is 5.43. The molecule has 1 heterocycles. The lowest BCUT2D eigenvalue weighted by molar-refractivity contribution is 0.234. The summed E-state index contributed by atoms with van der Waals surface area (Å²) in [5.41, 5.74) is 5.99. The Bertz CT molecular complexity index is 539. The van der Waals surface area contributed by atoms with E-state index >= 15 is 0 Å². The van der Waals surface area contributed by atoms with Crippen LogP contribution in [0.1, 0.15) is 13.8 Å². The largest absolute Gasteiger partial charge is 0.394 e. The fourth-order valence-corrected chi connectivity index (χ4v) is 1.55. The molecule has 2 rings (SSSR count). The lowest BCUT2D eigenvalue weighted by atomic mass is 10.1. The highest BCUT2D eigenvalue weighted by Crippen LogP contribution is 2.23. The van der Waals surface area contributed by atoms with Crippen molar-refractivity contribution in [3.63, 3.8) is 0 Å². The van der Waals surface area contributed by atoms with Crippen molar-refractivity contribution in [2.24, 2.45) is 0 Å². The Labute approximate surface area is 99.7 Å². The van der Waals surface area contributed by atoms with Crippen LogP contribution in [-0.4, -0.2) is 27.2 Å². The molecule has 0 aliphatic rings. The van der Waals surface area contributed by atoms with Gasteiger partial charge in [-0.1, -0.05) is 12.1 Å². The van der Waals surface area contributed by atoms with E-state index in [4.69, 9.17) is 5.73 Å². The molecule has 2 aromatic rings. The average molecular weight is 232 g/mol. The highest BCUT2D eigenvalue weighted by Gasteiger charge is 2.18. The van der Waals surface area contributed by atoms with Crippen molar-refractivity contribution in [1.29, 1.82) is 0 Å². The van der Waals surface area contributed by atoms with Crippen molar-refractivity contribution in [2.45, 2.75) is 19.4 Å². The lowest BCUT2D eigenvalue weighted by Crippen LogP contribution is -2.35. The minimum absolute atomic E-state index is 0.00519. The number of fused-ring (bicyclic) bond motifs is 1. The first-order chi connectivity index (χ1) is 8.02. The lowest BCUT2D eigenvalue weighted by Gasteiger charge is -2.24. The third-order valence-electron chi connectivity index (χ3n) is 2.47. The maximum atomic E-state index is 9.26. The Kier molecular flexibility index (Phi) is 2.85. The number of rotatable bonds is 3. The zero-order chi connectivity index (χ0) is 12.5. The fraction of sp³-hybridized carbons (Fsp3) is 0.333. The number of nitrogen functional groups attached to an aromatic ring is 1. The average Bonchev–Trinajstić information content (AvgIpc) is 2.28. The highest BCUT2D eigenvalue weighted by atomic mass is 16.3. The van der Waals surface area contributed by atoms with Gasteiger partial charge in [0.05, 0.1) is 17.7 Å². The van der Waals surface area contributed by atoms with Crippen molar-refractivity contribution < 1.29 is 5.11 Å². The van der Waals surface area contributed by atoms with Crippen LogP contribution in [0.5, 0.6) is 0 Å². The number of aliphatic hydroxyl groups excluding tert-OH is 1. The first-order valence-corrected chi connectivity index (χ1v) is 5.43. The van der Waals surface area contributed by atoms with Crippen LogP contribution in [0.15, 0.2) is 24.3 Å². The summed E-state index contributed by atoms with van der Waals surface area (Å²) in [5, 5.41) is 13.3. The van der Waals surface area contributed by atoms with Gasteiger partial charge < -0.3 is 16.2 Å². The van der Waals surface area contributed by atoms with Crippen LogP contribution in [0, 0.1) is 0 Å². The number of benzene rings is 1. The number of aliphatic hydroxyl groups is 1. The molecule has 90 valence electrons. The SMILES string of the molecule is CC(C)(CO)Nc1nc(N)nc2ccccc12. The number of hydrogen-bond donors (Lipinski definition) is 3. The second-order valence-corrected chi connectivity index (χ2v) is 4.61. The molecule has 0 aliphatic carbocycles. The highest BCUT2D eigenvalue weighted by molar-refractivity contribution is 5.90. The number of anilines is 2. The summed E-state index contributed by atoms with van der Waals surface area (Å²) in [6, 6.07) is 7.61. The molecule has 4 N–H and O–H groups in total. The molecule has 0 spiro atoms. The Morgan fingerprint density at radius 3 is 2.71 bits per heavy atom. The first kappa shape index (κ1) is 11.6. The molecule has 0 amide bonds. The standard InChI is InChI=1S/C12H16N4O/c1-12(2,7-17)16-10-8-5-3-4-6-9(8)14-11(13)15-10/h3-6,17H,7H2,1-2H3,(H3,13,14,15,16). The van der Waals surface area contributed by atoms with E-state index in [1.165, 1.54) is 0 Å². The number of nitrogens with two attached hydrogens (primary N) is 1. The number of nitrogens with one attached hydrogen (secondary N) is 1. The van der Waals surface area contributed by atoms with Gasteiger partial charge in [-0.2, -0.15) is 4.98 Å². The van der Waals surface area contributed by atoms with Gasteiger partial charge in [0.1, 0.15) is 5.82 Å². The van der Waals surface area contributed by atoms with E-state index in [0.29, 0.717) is 5.82 Å². The normalized spacial score (nSPS) is 11.7. The number of nitrogens with zero attached hydrogens (tertiary/aromatic N) is 2. The maximum absolute atomic E-state index is 9.26. The Balaban J connectivity index is 2.53. The van der Waals surface area contributed by atoms with Crippen molar-refractivity contribution in [1.82, 2.24) is 9.97 Å². The number of para-hydroxylation sites is 1. The van der Waals surface area contributed by atoms with Crippen LogP contribution >= 0.6 is 0 Å². The molecule has 1 aromatic heterocycles. The van der Waals surface area contributed by atoms with Gasteiger partial charge in [0, 0.05) is 5.39 Å². The second-order valence-electron chi connectivity index (χ2n) is 4.61. The van der Waals surface area contributed by atoms with Gasteiger partial charge >= 0.3 is 0 Å². The van der Waals surface area contributed by atoms with Gasteiger partial charge in [-0.05, 0) is 26.0 Å². The molecule has 5 nitrogen and oxygen atoms in total. The smallest absolute Gasteiger partial charge is 0.222 e. The van der Waals surface area contributed by atoms with Crippen LogP contribution in [0.25, 0.3) is 10.9 Å². The van der Waals surface area contributed by atoms with Crippen molar-refractivity contribution in [3.05, 3.63) is 24.3 Å². The minimum Gasteiger partial charge on any atom is -0.394 e. The summed E-state index contributed by atoms with van der Waals surface area (Å²) in [4.78, 5) is 8.34. The number of aromatic nitrogens is 2. The van der Waals surface area contributed by atoms with E-state index < -0.39 is 5.54 Å². The molecule has 0 fully saturated rings. The van der Waals surface area contributed by atoms with Gasteiger partial charge in [-0.25, -0.2) is 4.98 Å². The van der Waals surface area contributed by atoms with Gasteiger partial charge in [0.2, 0.25) is 5.95 Å². The van der Waals surface area contributed by atoms with Crippen LogP contribution in [0.2, 0.25) is 0 Å². The predicted molar refractivity (Wildman–Crippen MR) is 68.7 cm³/mol. The Morgan fingerprint density at radius 1 is 1.29 bits per heavy atom. The molecule has 0 aliphatic heterocycles. The van der Waals surface area contributed by atoms with E-state index in [-0.39, 0.29) is 12.6 Å². The van der Waals surface area contributed by atoms with E-state index in [2.05, 4.69) is 15.3 Å². The molecular weight excluding hydrogens is 216 g/mol. The van der Waals surface area contributed by atoms with Gasteiger partial charge in [0.25, 0.3) is 0 Å². The van der Waals surface area contributed by atoms with Gasteiger partial charge in [-0.3, -0.25) is 0 Å². The van der Waals surface area contributed by atoms with Crippen LogP contribution in [0.4, 0.5) is 11.8 Å². The molecule has 5 heteroatoms. The maximum Gasteiger partial charge on any atom is 0.222 e. The summed E-state index contributed by atoms with van der Waals surface area (Å²) >= 11 is 0. The fourth-order valence-electron chi connectivity index (χ4n) is 1.55. The van der Waals surface area contributed by atoms with Crippen molar-refractivity contribution in [2.75, 3.05) is 17.7 Å². The van der Waals surface area contributed by atoms with Crippen molar-refractivity contribution >= 4 is 22.7 Å². The minimum atomic E-state index is -0.455. The molecule has 0 unspecified atom stereocenters. The molecule has 17 heavy (non-hydrogen) atoms. The van der Waals surface area contributed by atoms with Crippen LogP contribution in [0.3, 0.4) is 0 Å². The topological polar surface area (TPSA) is 84.1 Å². The summed E-state index contributed by atoms with van der Waals surface area (Å²) in [6.45, 7) is 3.78. The van der Waals surface area contributed by atoms with Gasteiger partial charge in [0.15, 0.2) is 0 Å². The molecule has 0 bridgehead atoms. The monoisotopic (exact) mass is 232 g/mol. The van der Waals surface area contributed by atoms with Gasteiger partial charge in [-0.15, -0.1) is 0 Å². The zero-order valence-corrected chi connectivity index (χ0v) is 9.94. The zero-order valence-electron chi connectivity index (χ0n) is 9.94. The van der Waals surface area contributed by atoms with Crippen LogP contribution < -0.4 is 11.1 Å². The molecular formula is C12H16N4O. The Hall–Kier alpha value is -1.88. The summed E-state index contributed by atoms with van der Waals surface area (Å²) < 4.78 is 0. The third kappa shape index (κ3) is 2.45. The third-order valence-corrected chi connectivity index (χ3v) is 2.47. The molecule has 1 aromatic carbocycles. The van der Waals surface area contributed by atoms with Crippen molar-refractivity contribution in [3.8, 4) is 0 Å². The molecule has 0 atom stereocenters. The van der Waals surface area contributed by atoms with E-state index in [1.807, 2.05) is 38.1 Å². The van der Waals surface area contributed by atoms with E-state index in [0.717, 1.165) is 10.9 Å². The number of hydrogen-bond acceptors (Lipinski definition) is 5. The van der Waals surface area contributed by atoms with Crippen LogP contribution in [-0.2, 0) is 0 Å². The molecule has 0 saturated heterocycles. The molecule has 0 radical (unpaired) electrons. The second kappa shape index (κ2) is 4.18. The van der Waals surface area contributed by atoms with E-state index in [1.54, 1.807) is 0 Å². The Morgan fingerprint density at radius 2 is 2.00 bits per heavy atom. The predicted octanol–water partition coefficient (Wildman–Crippen LogP) is 1.39. The summed E-state index contributed by atoms with van der Waals surface area (Å²) in [6.07, 6.45) is 0. The quantitative estimate of drug-likeness (QED) is 0.744.